The first kappa shape index (κ1) is 21.9. The third-order valence-corrected chi connectivity index (χ3v) is 5.78. The van der Waals surface area contributed by atoms with E-state index in [0.717, 1.165) is 16.7 Å². The summed E-state index contributed by atoms with van der Waals surface area (Å²) in [7, 11) is 0. The molecule has 0 radical (unpaired) electrons. The van der Waals surface area contributed by atoms with Crippen molar-refractivity contribution in [1.29, 1.82) is 0 Å². The molecule has 156 valence electrons. The molecule has 0 spiro atoms. The van der Waals surface area contributed by atoms with E-state index >= 15 is 0 Å². The van der Waals surface area contributed by atoms with Crippen molar-refractivity contribution in [3.63, 3.8) is 0 Å². The topological polar surface area (TPSA) is 84.2 Å². The van der Waals surface area contributed by atoms with Crippen molar-refractivity contribution in [3.05, 3.63) is 75.1 Å². The maximum atomic E-state index is 12.8. The van der Waals surface area contributed by atoms with Gasteiger partial charge < -0.3 is 10.4 Å². The van der Waals surface area contributed by atoms with Crippen molar-refractivity contribution < 1.29 is 9.90 Å². The summed E-state index contributed by atoms with van der Waals surface area (Å²) in [5, 5.41) is 14.1. The van der Waals surface area contributed by atoms with Gasteiger partial charge in [0.05, 0.1) is 16.7 Å². The number of aromatic nitrogens is 2. The SMILES string of the molecule is C=CCn1c(SCC(=O)NCc2cc(C)c(O)c(C)c2)nc2ccc(Cl)cc2c1=O. The lowest BCUT2D eigenvalue weighted by Gasteiger charge is -2.12. The zero-order valence-corrected chi connectivity index (χ0v) is 18.3. The van der Waals surface area contributed by atoms with Crippen LogP contribution >= 0.6 is 23.4 Å². The number of allylic oxidation sites excluding steroid dienone is 1. The van der Waals surface area contributed by atoms with Gasteiger partial charge in [-0.3, -0.25) is 14.2 Å². The molecule has 1 heterocycles. The molecule has 0 saturated heterocycles. The van der Waals surface area contributed by atoms with Gasteiger partial charge in [0.2, 0.25) is 5.91 Å². The second kappa shape index (κ2) is 9.36. The van der Waals surface area contributed by atoms with Crippen LogP contribution in [-0.2, 0) is 17.9 Å². The van der Waals surface area contributed by atoms with E-state index in [1.54, 1.807) is 24.3 Å². The number of phenolic OH excluding ortho intramolecular Hbond substituents is 1. The molecule has 0 fully saturated rings. The zero-order chi connectivity index (χ0) is 21.8. The fourth-order valence-electron chi connectivity index (χ4n) is 3.10. The molecule has 0 aliphatic rings. The normalized spacial score (nSPS) is 10.9. The molecule has 0 saturated carbocycles. The van der Waals surface area contributed by atoms with Gasteiger partial charge in [-0.05, 0) is 48.7 Å². The van der Waals surface area contributed by atoms with Crippen LogP contribution in [0.15, 0.2) is 52.9 Å². The number of benzene rings is 2. The van der Waals surface area contributed by atoms with E-state index in [9.17, 15) is 14.7 Å². The highest BCUT2D eigenvalue weighted by atomic mass is 35.5. The molecule has 1 amide bonds. The molecule has 1 aromatic heterocycles. The van der Waals surface area contributed by atoms with Crippen LogP contribution in [-0.4, -0.2) is 26.3 Å². The van der Waals surface area contributed by atoms with Gasteiger partial charge >= 0.3 is 0 Å². The fraction of sp³-hybridized carbons (Fsp3) is 0.227. The molecular weight excluding hydrogens is 422 g/mol. The molecule has 3 rings (SSSR count). The molecule has 0 aliphatic heterocycles. The molecule has 30 heavy (non-hydrogen) atoms. The number of aryl methyl sites for hydroxylation is 2. The Bertz CT molecular complexity index is 1170. The van der Waals surface area contributed by atoms with Gasteiger partial charge in [0.1, 0.15) is 5.75 Å². The standard InChI is InChI=1S/C22H22ClN3O3S/c1-4-7-26-21(29)17-10-16(23)5-6-18(17)25-22(26)30-12-19(27)24-11-15-8-13(2)20(28)14(3)9-15/h4-6,8-10,28H,1,7,11-12H2,2-3H3,(H,24,27). The number of fused-ring (bicyclic) bond motifs is 1. The van der Waals surface area contributed by atoms with E-state index in [2.05, 4.69) is 16.9 Å². The molecule has 6 nitrogen and oxygen atoms in total. The highest BCUT2D eigenvalue weighted by Crippen LogP contribution is 2.23. The van der Waals surface area contributed by atoms with Crippen LogP contribution < -0.4 is 10.9 Å². The molecular formula is C22H22ClN3O3S. The fourth-order valence-corrected chi connectivity index (χ4v) is 4.11. The minimum Gasteiger partial charge on any atom is -0.507 e. The van der Waals surface area contributed by atoms with E-state index in [0.29, 0.717) is 27.6 Å². The Balaban J connectivity index is 1.74. The molecule has 0 atom stereocenters. The number of carbonyl (C=O) groups excluding carboxylic acids is 1. The lowest BCUT2D eigenvalue weighted by atomic mass is 10.1. The Morgan fingerprint density at radius 2 is 2.00 bits per heavy atom. The molecule has 2 N–H and O–H groups in total. The number of hydrogen-bond acceptors (Lipinski definition) is 5. The summed E-state index contributed by atoms with van der Waals surface area (Å²) in [6.07, 6.45) is 1.61. The lowest BCUT2D eigenvalue weighted by Crippen LogP contribution is -2.26. The van der Waals surface area contributed by atoms with Crippen molar-refractivity contribution in [2.75, 3.05) is 5.75 Å². The van der Waals surface area contributed by atoms with E-state index in [1.807, 2.05) is 26.0 Å². The number of phenols is 1. The number of nitrogens with one attached hydrogen (secondary N) is 1. The number of nitrogens with zero attached hydrogens (tertiary/aromatic N) is 2. The van der Waals surface area contributed by atoms with Crippen LogP contribution in [0.5, 0.6) is 5.75 Å². The highest BCUT2D eigenvalue weighted by Gasteiger charge is 2.13. The van der Waals surface area contributed by atoms with Crippen LogP contribution in [0.25, 0.3) is 10.9 Å². The van der Waals surface area contributed by atoms with Gasteiger partial charge in [0.15, 0.2) is 5.16 Å². The van der Waals surface area contributed by atoms with Crippen LogP contribution in [0.1, 0.15) is 16.7 Å². The van der Waals surface area contributed by atoms with Crippen molar-refractivity contribution in [3.8, 4) is 5.75 Å². The number of thioether (sulfide) groups is 1. The van der Waals surface area contributed by atoms with Crippen molar-refractivity contribution in [2.24, 2.45) is 0 Å². The highest BCUT2D eigenvalue weighted by molar-refractivity contribution is 7.99. The quantitative estimate of drug-likeness (QED) is 0.328. The summed E-state index contributed by atoms with van der Waals surface area (Å²) in [4.78, 5) is 29.7. The second-order valence-corrected chi connectivity index (χ2v) is 8.28. The Hall–Kier alpha value is -2.77. The third kappa shape index (κ3) is 4.86. The molecule has 0 unspecified atom stereocenters. The van der Waals surface area contributed by atoms with Crippen LogP contribution in [0, 0.1) is 13.8 Å². The van der Waals surface area contributed by atoms with Crippen molar-refractivity contribution >= 4 is 40.2 Å². The maximum absolute atomic E-state index is 12.8. The Kier molecular flexibility index (Phi) is 6.84. The van der Waals surface area contributed by atoms with Crippen molar-refractivity contribution in [1.82, 2.24) is 14.9 Å². The largest absolute Gasteiger partial charge is 0.507 e. The molecule has 2 aromatic carbocycles. The molecule has 0 aliphatic carbocycles. The summed E-state index contributed by atoms with van der Waals surface area (Å²) in [6, 6.07) is 8.64. The van der Waals surface area contributed by atoms with Gasteiger partial charge in [-0.25, -0.2) is 4.98 Å². The minimum absolute atomic E-state index is 0.110. The first-order valence-corrected chi connectivity index (χ1v) is 10.7. The number of hydrogen-bond donors (Lipinski definition) is 2. The smallest absolute Gasteiger partial charge is 0.262 e. The zero-order valence-electron chi connectivity index (χ0n) is 16.7. The summed E-state index contributed by atoms with van der Waals surface area (Å²) in [6.45, 7) is 7.97. The summed E-state index contributed by atoms with van der Waals surface area (Å²) >= 11 is 7.20. The monoisotopic (exact) mass is 443 g/mol. The number of halogens is 1. The summed E-state index contributed by atoms with van der Waals surface area (Å²) in [5.41, 5.74) is 2.75. The minimum atomic E-state index is -0.222. The summed E-state index contributed by atoms with van der Waals surface area (Å²) in [5.74, 6) is 0.196. The number of amides is 1. The first-order valence-electron chi connectivity index (χ1n) is 9.29. The van der Waals surface area contributed by atoms with Gasteiger partial charge in [-0.2, -0.15) is 0 Å². The van der Waals surface area contributed by atoms with E-state index in [4.69, 9.17) is 11.6 Å². The second-order valence-electron chi connectivity index (χ2n) is 6.90. The van der Waals surface area contributed by atoms with Crippen LogP contribution in [0.4, 0.5) is 0 Å². The summed E-state index contributed by atoms with van der Waals surface area (Å²) < 4.78 is 1.48. The average Bonchev–Trinajstić information content (AvgIpc) is 2.71. The molecule has 3 aromatic rings. The average molecular weight is 444 g/mol. The predicted octanol–water partition coefficient (Wildman–Crippen LogP) is 3.97. The van der Waals surface area contributed by atoms with Crippen LogP contribution in [0.3, 0.4) is 0 Å². The number of aromatic hydroxyl groups is 1. The van der Waals surface area contributed by atoms with E-state index in [1.165, 1.54) is 16.3 Å². The van der Waals surface area contributed by atoms with Gasteiger partial charge in [0, 0.05) is 18.1 Å². The molecule has 8 heteroatoms. The van der Waals surface area contributed by atoms with E-state index in [-0.39, 0.29) is 29.5 Å². The maximum Gasteiger partial charge on any atom is 0.262 e. The third-order valence-electron chi connectivity index (χ3n) is 4.57. The Morgan fingerprint density at radius 1 is 1.30 bits per heavy atom. The van der Waals surface area contributed by atoms with Gasteiger partial charge in [-0.1, -0.05) is 41.6 Å². The van der Waals surface area contributed by atoms with Crippen LogP contribution in [0.2, 0.25) is 5.02 Å². The van der Waals surface area contributed by atoms with Gasteiger partial charge in [-0.15, -0.1) is 6.58 Å². The van der Waals surface area contributed by atoms with E-state index < -0.39 is 0 Å². The van der Waals surface area contributed by atoms with Crippen molar-refractivity contribution in [2.45, 2.75) is 32.1 Å². The molecule has 0 bridgehead atoms. The first-order chi connectivity index (χ1) is 14.3. The Morgan fingerprint density at radius 3 is 2.67 bits per heavy atom. The Labute approximate surface area is 183 Å². The predicted molar refractivity (Wildman–Crippen MR) is 121 cm³/mol. The number of carbonyl (C=O) groups is 1. The van der Waals surface area contributed by atoms with Gasteiger partial charge in [0.25, 0.3) is 5.56 Å². The lowest BCUT2D eigenvalue weighted by molar-refractivity contribution is -0.118. The number of rotatable bonds is 7.